The third kappa shape index (κ3) is 4.74. The summed E-state index contributed by atoms with van der Waals surface area (Å²) in [5, 5.41) is 11.1. The van der Waals surface area contributed by atoms with E-state index in [1.54, 1.807) is 41.3 Å². The Morgan fingerprint density at radius 2 is 1.93 bits per heavy atom. The predicted molar refractivity (Wildman–Crippen MR) is 104 cm³/mol. The molecule has 0 radical (unpaired) electrons. The van der Waals surface area contributed by atoms with Crippen LogP contribution >= 0.6 is 0 Å². The minimum absolute atomic E-state index is 0.0629. The zero-order valence-corrected chi connectivity index (χ0v) is 15.1. The molecular weight excluding hydrogens is 344 g/mol. The largest absolute Gasteiger partial charge is 0.491 e. The molecule has 3 rings (SSSR count). The Morgan fingerprint density at radius 3 is 2.67 bits per heavy atom. The SMILES string of the molecule is CCN(CC(O)COc1ccc2[nH]c(=O)ccc2c1)C(=O)c1ccccc1. The minimum atomic E-state index is -0.816. The number of carbonyl (C=O) groups is 1. The number of aromatic amines is 1. The lowest BCUT2D eigenvalue weighted by molar-refractivity contribution is 0.0514. The van der Waals surface area contributed by atoms with E-state index >= 15 is 0 Å². The van der Waals surface area contributed by atoms with Crippen molar-refractivity contribution in [3.8, 4) is 5.75 Å². The van der Waals surface area contributed by atoms with Gasteiger partial charge in [0.05, 0.1) is 6.54 Å². The van der Waals surface area contributed by atoms with Gasteiger partial charge in [-0.25, -0.2) is 0 Å². The topological polar surface area (TPSA) is 82.6 Å². The molecule has 0 fully saturated rings. The number of hydrogen-bond acceptors (Lipinski definition) is 4. The van der Waals surface area contributed by atoms with Crippen LogP contribution in [0.1, 0.15) is 17.3 Å². The Balaban J connectivity index is 1.60. The van der Waals surface area contributed by atoms with E-state index in [9.17, 15) is 14.7 Å². The summed E-state index contributed by atoms with van der Waals surface area (Å²) in [5.41, 5.74) is 1.16. The van der Waals surface area contributed by atoms with Crippen LogP contribution < -0.4 is 10.3 Å². The lowest BCUT2D eigenvalue weighted by Crippen LogP contribution is -2.39. The van der Waals surface area contributed by atoms with Crippen LogP contribution in [0, 0.1) is 0 Å². The van der Waals surface area contributed by atoms with Crippen LogP contribution in [0.25, 0.3) is 10.9 Å². The second-order valence-electron chi connectivity index (χ2n) is 6.25. The van der Waals surface area contributed by atoms with Crippen molar-refractivity contribution in [3.63, 3.8) is 0 Å². The van der Waals surface area contributed by atoms with Gasteiger partial charge in [0.2, 0.25) is 5.56 Å². The van der Waals surface area contributed by atoms with Crippen molar-refractivity contribution in [2.45, 2.75) is 13.0 Å². The molecule has 1 amide bonds. The third-order valence-corrected chi connectivity index (χ3v) is 4.26. The molecule has 6 heteroatoms. The molecule has 0 saturated carbocycles. The second kappa shape index (κ2) is 8.51. The van der Waals surface area contributed by atoms with E-state index in [-0.39, 0.29) is 24.6 Å². The lowest BCUT2D eigenvalue weighted by Gasteiger charge is -2.24. The molecule has 0 bridgehead atoms. The number of hydrogen-bond donors (Lipinski definition) is 2. The standard InChI is InChI=1S/C21H22N2O4/c1-2-23(21(26)15-6-4-3-5-7-15)13-17(24)14-27-18-9-10-19-16(12-18)8-11-20(25)22-19/h3-12,17,24H,2,13-14H2,1H3,(H,22,25). The summed E-state index contributed by atoms with van der Waals surface area (Å²) in [5.74, 6) is 0.470. The number of aliphatic hydroxyl groups excluding tert-OH is 1. The molecule has 0 saturated heterocycles. The Kier molecular flexibility index (Phi) is 5.88. The predicted octanol–water partition coefficient (Wildman–Crippen LogP) is 2.43. The van der Waals surface area contributed by atoms with Crippen molar-refractivity contribution in [1.82, 2.24) is 9.88 Å². The highest BCUT2D eigenvalue weighted by Gasteiger charge is 2.18. The van der Waals surface area contributed by atoms with Gasteiger partial charge in [-0.05, 0) is 43.3 Å². The maximum absolute atomic E-state index is 12.5. The summed E-state index contributed by atoms with van der Waals surface area (Å²) in [7, 11) is 0. The summed E-state index contributed by atoms with van der Waals surface area (Å²) < 4.78 is 5.66. The number of aromatic nitrogens is 1. The monoisotopic (exact) mass is 366 g/mol. The van der Waals surface area contributed by atoms with Gasteiger partial charge in [-0.2, -0.15) is 0 Å². The number of carbonyl (C=O) groups excluding carboxylic acids is 1. The number of benzene rings is 2. The van der Waals surface area contributed by atoms with Crippen LogP contribution in [0.15, 0.2) is 65.5 Å². The van der Waals surface area contributed by atoms with Crippen molar-refractivity contribution in [2.75, 3.05) is 19.7 Å². The summed E-state index contributed by atoms with van der Waals surface area (Å²) in [6.45, 7) is 2.62. The van der Waals surface area contributed by atoms with Gasteiger partial charge in [0.25, 0.3) is 5.91 Å². The normalized spacial score (nSPS) is 11.9. The molecule has 1 aromatic heterocycles. The quantitative estimate of drug-likeness (QED) is 0.673. The molecule has 6 nitrogen and oxygen atoms in total. The number of pyridine rings is 1. The first kappa shape index (κ1) is 18.7. The maximum atomic E-state index is 12.5. The Bertz CT molecular complexity index is 969. The molecule has 0 spiro atoms. The van der Waals surface area contributed by atoms with Crippen molar-refractivity contribution >= 4 is 16.8 Å². The number of aliphatic hydroxyl groups is 1. The van der Waals surface area contributed by atoms with Crippen LogP contribution in [-0.2, 0) is 0 Å². The molecule has 0 aliphatic heterocycles. The van der Waals surface area contributed by atoms with Crippen LogP contribution in [0.2, 0.25) is 0 Å². The van der Waals surface area contributed by atoms with E-state index in [0.29, 0.717) is 17.9 Å². The molecule has 2 aromatic carbocycles. The summed E-state index contributed by atoms with van der Waals surface area (Å²) in [6.07, 6.45) is -0.816. The number of fused-ring (bicyclic) bond motifs is 1. The van der Waals surface area contributed by atoms with Crippen LogP contribution in [0.4, 0.5) is 0 Å². The smallest absolute Gasteiger partial charge is 0.253 e. The molecule has 1 heterocycles. The molecule has 1 atom stereocenters. The van der Waals surface area contributed by atoms with E-state index in [4.69, 9.17) is 4.74 Å². The van der Waals surface area contributed by atoms with Gasteiger partial charge in [0, 0.05) is 29.1 Å². The van der Waals surface area contributed by atoms with Gasteiger partial charge in [0.15, 0.2) is 0 Å². The van der Waals surface area contributed by atoms with Crippen LogP contribution in [-0.4, -0.2) is 46.7 Å². The minimum Gasteiger partial charge on any atom is -0.491 e. The summed E-state index contributed by atoms with van der Waals surface area (Å²) in [6, 6.07) is 17.5. The average Bonchev–Trinajstić information content (AvgIpc) is 2.70. The highest BCUT2D eigenvalue weighted by atomic mass is 16.5. The molecule has 27 heavy (non-hydrogen) atoms. The number of amides is 1. The molecule has 140 valence electrons. The highest BCUT2D eigenvalue weighted by Crippen LogP contribution is 2.18. The molecule has 0 aliphatic rings. The first-order valence-electron chi connectivity index (χ1n) is 8.85. The molecule has 2 N–H and O–H groups in total. The van der Waals surface area contributed by atoms with E-state index in [0.717, 1.165) is 10.9 Å². The van der Waals surface area contributed by atoms with Crippen LogP contribution in [0.5, 0.6) is 5.75 Å². The van der Waals surface area contributed by atoms with E-state index in [1.807, 2.05) is 25.1 Å². The van der Waals surface area contributed by atoms with Gasteiger partial charge in [-0.1, -0.05) is 18.2 Å². The Morgan fingerprint density at radius 1 is 1.15 bits per heavy atom. The first-order chi connectivity index (χ1) is 13.1. The van der Waals surface area contributed by atoms with Gasteiger partial charge in [0.1, 0.15) is 18.5 Å². The maximum Gasteiger partial charge on any atom is 0.253 e. The van der Waals surface area contributed by atoms with Crippen LogP contribution in [0.3, 0.4) is 0 Å². The molecule has 0 aliphatic carbocycles. The third-order valence-electron chi connectivity index (χ3n) is 4.26. The number of H-pyrrole nitrogens is 1. The van der Waals surface area contributed by atoms with Gasteiger partial charge >= 0.3 is 0 Å². The van der Waals surface area contributed by atoms with E-state index in [1.165, 1.54) is 6.07 Å². The Labute approximate surface area is 157 Å². The number of likely N-dealkylation sites (N-methyl/N-ethyl adjacent to an activating group) is 1. The van der Waals surface area contributed by atoms with Crippen molar-refractivity contribution in [3.05, 3.63) is 76.6 Å². The second-order valence-corrected chi connectivity index (χ2v) is 6.25. The van der Waals surface area contributed by atoms with Gasteiger partial charge in [-0.3, -0.25) is 9.59 Å². The fraction of sp³-hybridized carbons (Fsp3) is 0.238. The number of ether oxygens (including phenoxy) is 1. The Hall–Kier alpha value is -3.12. The summed E-state index contributed by atoms with van der Waals surface area (Å²) in [4.78, 5) is 28.2. The zero-order chi connectivity index (χ0) is 19.2. The molecular formula is C21H22N2O4. The first-order valence-corrected chi connectivity index (χ1v) is 8.85. The molecule has 1 unspecified atom stereocenters. The zero-order valence-electron chi connectivity index (χ0n) is 15.1. The highest BCUT2D eigenvalue weighted by molar-refractivity contribution is 5.94. The number of nitrogens with zero attached hydrogens (tertiary/aromatic N) is 1. The number of nitrogens with one attached hydrogen (secondary N) is 1. The van der Waals surface area contributed by atoms with Crippen molar-refractivity contribution < 1.29 is 14.6 Å². The number of rotatable bonds is 7. The fourth-order valence-corrected chi connectivity index (χ4v) is 2.84. The fourth-order valence-electron chi connectivity index (χ4n) is 2.84. The van der Waals surface area contributed by atoms with Gasteiger partial charge < -0.3 is 19.7 Å². The van der Waals surface area contributed by atoms with Crippen molar-refractivity contribution in [1.29, 1.82) is 0 Å². The average molecular weight is 366 g/mol. The molecule has 3 aromatic rings. The van der Waals surface area contributed by atoms with Crippen molar-refractivity contribution in [2.24, 2.45) is 0 Å². The summed E-state index contributed by atoms with van der Waals surface area (Å²) >= 11 is 0. The van der Waals surface area contributed by atoms with E-state index in [2.05, 4.69) is 4.98 Å². The van der Waals surface area contributed by atoms with E-state index < -0.39 is 6.10 Å². The van der Waals surface area contributed by atoms with Gasteiger partial charge in [-0.15, -0.1) is 0 Å². The lowest BCUT2D eigenvalue weighted by atomic mass is 10.2.